The maximum atomic E-state index is 11.3. The van der Waals surface area contributed by atoms with Crippen LogP contribution in [0.4, 0.5) is 0 Å². The van der Waals surface area contributed by atoms with E-state index < -0.39 is 5.60 Å². The predicted octanol–water partition coefficient (Wildman–Crippen LogP) is 3.15. The Labute approximate surface area is 123 Å². The third-order valence-electron chi connectivity index (χ3n) is 5.87. The van der Waals surface area contributed by atoms with Gasteiger partial charge < -0.3 is 14.6 Å². The number of hydrogen-bond donors (Lipinski definition) is 1. The summed E-state index contributed by atoms with van der Waals surface area (Å²) >= 11 is 0. The molecule has 3 nitrogen and oxygen atoms in total. The molecule has 3 atom stereocenters. The second-order valence-electron chi connectivity index (χ2n) is 7.79. The van der Waals surface area contributed by atoms with Crippen molar-refractivity contribution in [3.8, 4) is 0 Å². The van der Waals surface area contributed by atoms with Crippen molar-refractivity contribution < 1.29 is 14.6 Å². The molecule has 0 aromatic heterocycles. The SMILES string of the molecule is CC1CC(C)CC(O)(C2CCOC3(CCOCC3)C2)C1. The minimum Gasteiger partial charge on any atom is -0.390 e. The Kier molecular flexibility index (Phi) is 4.13. The Balaban J connectivity index is 1.72. The van der Waals surface area contributed by atoms with E-state index in [-0.39, 0.29) is 5.60 Å². The smallest absolute Gasteiger partial charge is 0.0730 e. The molecule has 1 spiro atoms. The zero-order valence-electron chi connectivity index (χ0n) is 13.1. The summed E-state index contributed by atoms with van der Waals surface area (Å²) in [7, 11) is 0. The summed E-state index contributed by atoms with van der Waals surface area (Å²) in [5.74, 6) is 1.72. The molecule has 20 heavy (non-hydrogen) atoms. The Morgan fingerprint density at radius 3 is 2.25 bits per heavy atom. The van der Waals surface area contributed by atoms with E-state index in [0.717, 1.165) is 58.3 Å². The van der Waals surface area contributed by atoms with Crippen LogP contribution in [0.15, 0.2) is 0 Å². The van der Waals surface area contributed by atoms with Gasteiger partial charge in [0.1, 0.15) is 0 Å². The van der Waals surface area contributed by atoms with Gasteiger partial charge >= 0.3 is 0 Å². The first-order valence-corrected chi connectivity index (χ1v) is 8.45. The summed E-state index contributed by atoms with van der Waals surface area (Å²) in [5, 5.41) is 11.3. The van der Waals surface area contributed by atoms with Crippen molar-refractivity contribution in [1.82, 2.24) is 0 Å². The van der Waals surface area contributed by atoms with Gasteiger partial charge in [-0.1, -0.05) is 13.8 Å². The number of ether oxygens (including phenoxy) is 2. The average molecular weight is 282 g/mol. The Morgan fingerprint density at radius 1 is 0.950 bits per heavy atom. The van der Waals surface area contributed by atoms with E-state index in [1.165, 1.54) is 6.42 Å². The largest absolute Gasteiger partial charge is 0.390 e. The summed E-state index contributed by atoms with van der Waals surface area (Å²) in [6.07, 6.45) is 7.30. The maximum absolute atomic E-state index is 11.3. The molecule has 3 unspecified atom stereocenters. The molecule has 1 saturated carbocycles. The first kappa shape index (κ1) is 14.8. The second-order valence-corrected chi connectivity index (χ2v) is 7.79. The van der Waals surface area contributed by atoms with Gasteiger partial charge in [-0.2, -0.15) is 0 Å². The molecular formula is C17H30O3. The molecular weight excluding hydrogens is 252 g/mol. The van der Waals surface area contributed by atoms with Crippen LogP contribution in [0.3, 0.4) is 0 Å². The topological polar surface area (TPSA) is 38.7 Å². The molecule has 3 rings (SSSR count). The summed E-state index contributed by atoms with van der Waals surface area (Å²) < 4.78 is 11.6. The van der Waals surface area contributed by atoms with Crippen LogP contribution in [0.2, 0.25) is 0 Å². The van der Waals surface area contributed by atoms with Gasteiger partial charge in [0.05, 0.1) is 11.2 Å². The Morgan fingerprint density at radius 2 is 1.60 bits per heavy atom. The van der Waals surface area contributed by atoms with Gasteiger partial charge in [-0.3, -0.25) is 0 Å². The zero-order valence-corrected chi connectivity index (χ0v) is 13.1. The van der Waals surface area contributed by atoms with Gasteiger partial charge in [0.15, 0.2) is 0 Å². The minimum absolute atomic E-state index is 0.000813. The minimum atomic E-state index is -0.452. The Hall–Kier alpha value is -0.120. The maximum Gasteiger partial charge on any atom is 0.0730 e. The van der Waals surface area contributed by atoms with E-state index in [0.29, 0.717) is 17.8 Å². The quantitative estimate of drug-likeness (QED) is 0.803. The number of hydrogen-bond acceptors (Lipinski definition) is 3. The normalized spacial score (nSPS) is 45.5. The highest BCUT2D eigenvalue weighted by Gasteiger charge is 2.48. The lowest BCUT2D eigenvalue weighted by Crippen LogP contribution is -2.52. The van der Waals surface area contributed by atoms with Crippen LogP contribution in [-0.4, -0.2) is 36.1 Å². The van der Waals surface area contributed by atoms with Crippen LogP contribution < -0.4 is 0 Å². The van der Waals surface area contributed by atoms with Crippen molar-refractivity contribution in [3.63, 3.8) is 0 Å². The van der Waals surface area contributed by atoms with E-state index >= 15 is 0 Å². The summed E-state index contributed by atoms with van der Waals surface area (Å²) in [4.78, 5) is 0. The molecule has 3 heteroatoms. The van der Waals surface area contributed by atoms with E-state index in [4.69, 9.17) is 9.47 Å². The lowest BCUT2D eigenvalue weighted by atomic mass is 9.64. The Bertz CT molecular complexity index is 320. The molecule has 3 fully saturated rings. The number of rotatable bonds is 1. The van der Waals surface area contributed by atoms with Crippen molar-refractivity contribution in [3.05, 3.63) is 0 Å². The lowest BCUT2D eigenvalue weighted by molar-refractivity contribution is -0.185. The van der Waals surface area contributed by atoms with Crippen LogP contribution >= 0.6 is 0 Å². The lowest BCUT2D eigenvalue weighted by Gasteiger charge is -2.51. The molecule has 0 radical (unpaired) electrons. The van der Waals surface area contributed by atoms with Crippen LogP contribution in [0.1, 0.15) is 58.8 Å². The third kappa shape index (κ3) is 2.90. The van der Waals surface area contributed by atoms with E-state index in [1.807, 2.05) is 0 Å². The van der Waals surface area contributed by atoms with Gasteiger partial charge in [-0.15, -0.1) is 0 Å². The monoisotopic (exact) mass is 282 g/mol. The van der Waals surface area contributed by atoms with E-state index in [9.17, 15) is 5.11 Å². The zero-order chi connectivity index (χ0) is 14.2. The fourth-order valence-corrected chi connectivity index (χ4v) is 5.06. The standard InChI is InChI=1S/C17H30O3/c1-13-9-14(2)11-17(18,10-13)15-3-6-20-16(12-15)4-7-19-8-5-16/h13-15,18H,3-12H2,1-2H3. The molecule has 0 amide bonds. The highest BCUT2D eigenvalue weighted by Crippen LogP contribution is 2.48. The average Bonchev–Trinajstić information content (AvgIpc) is 2.38. The third-order valence-corrected chi connectivity index (χ3v) is 5.87. The highest BCUT2D eigenvalue weighted by atomic mass is 16.5. The fraction of sp³-hybridized carbons (Fsp3) is 1.00. The first-order chi connectivity index (χ1) is 9.51. The van der Waals surface area contributed by atoms with Gasteiger partial charge in [-0.25, -0.2) is 0 Å². The molecule has 2 saturated heterocycles. The molecule has 2 heterocycles. The van der Waals surface area contributed by atoms with Crippen molar-refractivity contribution in [2.45, 2.75) is 70.0 Å². The van der Waals surface area contributed by atoms with Gasteiger partial charge in [0.25, 0.3) is 0 Å². The molecule has 2 aliphatic heterocycles. The van der Waals surface area contributed by atoms with Crippen molar-refractivity contribution in [1.29, 1.82) is 0 Å². The van der Waals surface area contributed by atoms with Crippen LogP contribution in [-0.2, 0) is 9.47 Å². The van der Waals surface area contributed by atoms with E-state index in [2.05, 4.69) is 13.8 Å². The van der Waals surface area contributed by atoms with Crippen LogP contribution in [0.5, 0.6) is 0 Å². The molecule has 1 aliphatic carbocycles. The van der Waals surface area contributed by atoms with Crippen LogP contribution in [0, 0.1) is 17.8 Å². The molecule has 0 aromatic rings. The summed E-state index contributed by atoms with van der Waals surface area (Å²) in [6, 6.07) is 0. The van der Waals surface area contributed by atoms with E-state index in [1.54, 1.807) is 0 Å². The molecule has 116 valence electrons. The van der Waals surface area contributed by atoms with Crippen molar-refractivity contribution in [2.75, 3.05) is 19.8 Å². The highest BCUT2D eigenvalue weighted by molar-refractivity contribution is 4.99. The molecule has 0 bridgehead atoms. The van der Waals surface area contributed by atoms with Crippen molar-refractivity contribution >= 4 is 0 Å². The van der Waals surface area contributed by atoms with Gasteiger partial charge in [0.2, 0.25) is 0 Å². The van der Waals surface area contributed by atoms with Gasteiger partial charge in [0, 0.05) is 19.8 Å². The summed E-state index contributed by atoms with van der Waals surface area (Å²) in [5.41, 5.74) is -0.451. The first-order valence-electron chi connectivity index (χ1n) is 8.45. The fourth-order valence-electron chi connectivity index (χ4n) is 5.06. The predicted molar refractivity (Wildman–Crippen MR) is 78.6 cm³/mol. The second kappa shape index (κ2) is 5.58. The van der Waals surface area contributed by atoms with Crippen LogP contribution in [0.25, 0.3) is 0 Å². The van der Waals surface area contributed by atoms with Gasteiger partial charge in [-0.05, 0) is 62.7 Å². The van der Waals surface area contributed by atoms with Crippen molar-refractivity contribution in [2.24, 2.45) is 17.8 Å². The summed E-state index contributed by atoms with van der Waals surface area (Å²) in [6.45, 7) is 7.04. The molecule has 1 N–H and O–H groups in total. The molecule has 3 aliphatic rings. The number of aliphatic hydroxyl groups is 1. The molecule has 0 aromatic carbocycles.